The van der Waals surface area contributed by atoms with E-state index < -0.39 is 0 Å². The van der Waals surface area contributed by atoms with Gasteiger partial charge in [-0.3, -0.25) is 0 Å². The fraction of sp³-hybridized carbons (Fsp3) is 0.200. The Morgan fingerprint density at radius 3 is 2.73 bits per heavy atom. The van der Waals surface area contributed by atoms with Gasteiger partial charge in [0.1, 0.15) is 6.17 Å². The van der Waals surface area contributed by atoms with Crippen LogP contribution >= 0.6 is 0 Å². The molecule has 1 unspecified atom stereocenters. The zero-order valence-electron chi connectivity index (χ0n) is 12.8. The van der Waals surface area contributed by atoms with Crippen molar-refractivity contribution >= 4 is 11.4 Å². The Balaban J connectivity index is 1.81. The van der Waals surface area contributed by atoms with Crippen molar-refractivity contribution in [1.82, 2.24) is 0 Å². The summed E-state index contributed by atoms with van der Waals surface area (Å²) >= 11 is 0. The van der Waals surface area contributed by atoms with Gasteiger partial charge in [0.2, 0.25) is 0 Å². The van der Waals surface area contributed by atoms with Crippen LogP contribution in [0.15, 0.2) is 72.5 Å². The Bertz CT molecular complexity index is 744. The van der Waals surface area contributed by atoms with Gasteiger partial charge < -0.3 is 10.2 Å². The maximum Gasteiger partial charge on any atom is 0.130 e. The van der Waals surface area contributed by atoms with E-state index in [4.69, 9.17) is 0 Å². The van der Waals surface area contributed by atoms with E-state index in [1.165, 1.54) is 28.2 Å². The van der Waals surface area contributed by atoms with E-state index in [-0.39, 0.29) is 6.17 Å². The molecular formula is C20H20N2. The predicted molar refractivity (Wildman–Crippen MR) is 92.9 cm³/mol. The number of nitrogens with one attached hydrogen (secondary N) is 1. The Kier molecular flexibility index (Phi) is 3.23. The standard InChI is InChI=1S/C20H20N2/c1-15-12-13-19-18(14-15)21-20(16-8-4-2-5-9-16)22(19)17-10-6-3-7-11-17/h2-6,8-10,12-14,20-21H,7,11H2,1H3. The van der Waals surface area contributed by atoms with Gasteiger partial charge in [0, 0.05) is 5.70 Å². The van der Waals surface area contributed by atoms with Crippen molar-refractivity contribution in [1.29, 1.82) is 0 Å². The molecule has 0 amide bonds. The average molecular weight is 288 g/mol. The molecule has 0 saturated carbocycles. The Hall–Kier alpha value is -2.48. The fourth-order valence-corrected chi connectivity index (χ4v) is 3.31. The zero-order chi connectivity index (χ0) is 14.9. The van der Waals surface area contributed by atoms with Crippen molar-refractivity contribution < 1.29 is 0 Å². The molecule has 1 heterocycles. The van der Waals surface area contributed by atoms with Gasteiger partial charge in [-0.05, 0) is 49.1 Å². The minimum absolute atomic E-state index is 0.177. The highest BCUT2D eigenvalue weighted by Crippen LogP contribution is 2.45. The van der Waals surface area contributed by atoms with Gasteiger partial charge in [0.15, 0.2) is 0 Å². The number of hydrogen-bond donors (Lipinski definition) is 1. The molecule has 2 aliphatic rings. The first-order chi connectivity index (χ1) is 10.8. The van der Waals surface area contributed by atoms with Crippen LogP contribution in [-0.2, 0) is 0 Å². The van der Waals surface area contributed by atoms with Gasteiger partial charge in [0.25, 0.3) is 0 Å². The summed E-state index contributed by atoms with van der Waals surface area (Å²) in [5.41, 5.74) is 6.47. The number of anilines is 2. The molecule has 0 bridgehead atoms. The van der Waals surface area contributed by atoms with Gasteiger partial charge in [0.05, 0.1) is 11.4 Å². The van der Waals surface area contributed by atoms with Gasteiger partial charge in [-0.1, -0.05) is 48.6 Å². The smallest absolute Gasteiger partial charge is 0.130 e. The van der Waals surface area contributed by atoms with Gasteiger partial charge in [-0.15, -0.1) is 0 Å². The van der Waals surface area contributed by atoms with Crippen LogP contribution in [0.2, 0.25) is 0 Å². The summed E-state index contributed by atoms with van der Waals surface area (Å²) in [6.07, 6.45) is 9.04. The van der Waals surface area contributed by atoms with Crippen LogP contribution in [0.4, 0.5) is 11.4 Å². The number of allylic oxidation sites excluding steroid dienone is 4. The molecule has 4 rings (SSSR count). The van der Waals surface area contributed by atoms with Crippen LogP contribution in [0.1, 0.15) is 30.1 Å². The number of benzene rings is 2. The second-order valence-corrected chi connectivity index (χ2v) is 5.97. The van der Waals surface area contributed by atoms with E-state index in [9.17, 15) is 0 Å². The van der Waals surface area contributed by atoms with Gasteiger partial charge in [-0.2, -0.15) is 0 Å². The molecule has 0 fully saturated rings. The second kappa shape index (κ2) is 5.38. The van der Waals surface area contributed by atoms with Gasteiger partial charge >= 0.3 is 0 Å². The summed E-state index contributed by atoms with van der Waals surface area (Å²) in [6.45, 7) is 2.14. The quantitative estimate of drug-likeness (QED) is 0.821. The van der Waals surface area contributed by atoms with E-state index in [1.807, 2.05) is 0 Å². The molecule has 2 nitrogen and oxygen atoms in total. The maximum absolute atomic E-state index is 3.70. The van der Waals surface area contributed by atoms with Crippen molar-refractivity contribution in [3.8, 4) is 0 Å². The molecular weight excluding hydrogens is 268 g/mol. The van der Waals surface area contributed by atoms with Crippen molar-refractivity contribution in [3.63, 3.8) is 0 Å². The SMILES string of the molecule is Cc1ccc2c(c1)NC(c1ccccc1)N2C1=CC=CCC1. The summed E-state index contributed by atoms with van der Waals surface area (Å²) in [7, 11) is 0. The van der Waals surface area contributed by atoms with E-state index in [2.05, 4.69) is 83.9 Å². The first-order valence-corrected chi connectivity index (χ1v) is 7.90. The molecule has 22 heavy (non-hydrogen) atoms. The first-order valence-electron chi connectivity index (χ1n) is 7.90. The number of aryl methyl sites for hydroxylation is 1. The largest absolute Gasteiger partial charge is 0.359 e. The van der Waals surface area contributed by atoms with Crippen molar-refractivity contribution in [2.45, 2.75) is 25.9 Å². The number of nitrogens with zero attached hydrogens (tertiary/aromatic N) is 1. The summed E-state index contributed by atoms with van der Waals surface area (Å²) in [5.74, 6) is 0. The van der Waals surface area contributed by atoms with E-state index in [0.717, 1.165) is 12.8 Å². The lowest BCUT2D eigenvalue weighted by molar-refractivity contribution is 0.748. The van der Waals surface area contributed by atoms with Crippen LogP contribution in [-0.4, -0.2) is 0 Å². The molecule has 0 aromatic heterocycles. The van der Waals surface area contributed by atoms with Crippen molar-refractivity contribution in [3.05, 3.63) is 83.6 Å². The van der Waals surface area contributed by atoms with E-state index in [0.29, 0.717) is 0 Å². The minimum Gasteiger partial charge on any atom is -0.359 e. The van der Waals surface area contributed by atoms with Crippen LogP contribution in [0, 0.1) is 6.92 Å². The molecule has 0 saturated heterocycles. The lowest BCUT2D eigenvalue weighted by Crippen LogP contribution is -2.27. The second-order valence-electron chi connectivity index (χ2n) is 5.97. The van der Waals surface area contributed by atoms with Crippen LogP contribution in [0.3, 0.4) is 0 Å². The average Bonchev–Trinajstić information content (AvgIpc) is 2.95. The molecule has 0 radical (unpaired) electrons. The molecule has 2 aromatic rings. The Labute approximate surface area is 131 Å². The van der Waals surface area contributed by atoms with Crippen LogP contribution < -0.4 is 10.2 Å². The molecule has 0 spiro atoms. The predicted octanol–water partition coefficient (Wildman–Crippen LogP) is 5.16. The van der Waals surface area contributed by atoms with E-state index in [1.54, 1.807) is 0 Å². The highest BCUT2D eigenvalue weighted by Gasteiger charge is 2.32. The zero-order valence-corrected chi connectivity index (χ0v) is 12.8. The van der Waals surface area contributed by atoms with Gasteiger partial charge in [-0.25, -0.2) is 0 Å². The molecule has 1 aliphatic heterocycles. The molecule has 1 N–H and O–H groups in total. The van der Waals surface area contributed by atoms with E-state index >= 15 is 0 Å². The lowest BCUT2D eigenvalue weighted by Gasteiger charge is -2.30. The number of rotatable bonds is 2. The van der Waals surface area contributed by atoms with Crippen molar-refractivity contribution in [2.24, 2.45) is 0 Å². The monoisotopic (exact) mass is 288 g/mol. The highest BCUT2D eigenvalue weighted by molar-refractivity contribution is 5.80. The normalized spacial score (nSPS) is 19.6. The third-order valence-corrected chi connectivity index (χ3v) is 4.38. The van der Waals surface area contributed by atoms with Crippen LogP contribution in [0.25, 0.3) is 0 Å². The number of hydrogen-bond acceptors (Lipinski definition) is 2. The first kappa shape index (κ1) is 13.2. The number of fused-ring (bicyclic) bond motifs is 1. The Morgan fingerprint density at radius 2 is 1.95 bits per heavy atom. The molecule has 2 aromatic carbocycles. The molecule has 110 valence electrons. The Morgan fingerprint density at radius 1 is 1.09 bits per heavy atom. The third kappa shape index (κ3) is 2.21. The third-order valence-electron chi connectivity index (χ3n) is 4.38. The summed E-state index contributed by atoms with van der Waals surface area (Å²) in [5, 5.41) is 3.70. The topological polar surface area (TPSA) is 15.3 Å². The summed E-state index contributed by atoms with van der Waals surface area (Å²) in [4.78, 5) is 2.45. The van der Waals surface area contributed by atoms with Crippen LogP contribution in [0.5, 0.6) is 0 Å². The molecule has 2 heteroatoms. The lowest BCUT2D eigenvalue weighted by atomic mass is 10.1. The minimum atomic E-state index is 0.177. The maximum atomic E-state index is 3.70. The molecule has 1 aliphatic carbocycles. The summed E-state index contributed by atoms with van der Waals surface area (Å²) < 4.78 is 0. The fourth-order valence-electron chi connectivity index (χ4n) is 3.31. The molecule has 1 atom stereocenters. The summed E-state index contributed by atoms with van der Waals surface area (Å²) in [6, 6.07) is 17.4. The highest BCUT2D eigenvalue weighted by atomic mass is 15.3. The van der Waals surface area contributed by atoms with Crippen molar-refractivity contribution in [2.75, 3.05) is 10.2 Å².